The molecule has 0 atom stereocenters. The zero-order valence-electron chi connectivity index (χ0n) is 12.0. The predicted molar refractivity (Wildman–Crippen MR) is 86.5 cm³/mol. The molecule has 0 spiro atoms. The van der Waals surface area contributed by atoms with E-state index in [0.717, 1.165) is 23.4 Å². The van der Waals surface area contributed by atoms with Gasteiger partial charge in [-0.2, -0.15) is 0 Å². The lowest BCUT2D eigenvalue weighted by atomic mass is 10.1. The number of nitrogens with two attached hydrogens (primary N) is 2. The van der Waals surface area contributed by atoms with Crippen molar-refractivity contribution >= 4 is 11.4 Å². The van der Waals surface area contributed by atoms with Gasteiger partial charge in [-0.3, -0.25) is 0 Å². The highest BCUT2D eigenvalue weighted by molar-refractivity contribution is 5.39. The van der Waals surface area contributed by atoms with Crippen LogP contribution >= 0.6 is 0 Å². The van der Waals surface area contributed by atoms with E-state index >= 15 is 0 Å². The highest BCUT2D eigenvalue weighted by atomic mass is 16.2. The first-order valence-electron chi connectivity index (χ1n) is 6.95. The summed E-state index contributed by atoms with van der Waals surface area (Å²) in [6.07, 6.45) is 3.06. The number of aliphatic hydroxyl groups is 1. The molecule has 0 saturated heterocycles. The van der Waals surface area contributed by atoms with Crippen LogP contribution < -0.4 is 11.5 Å². The summed E-state index contributed by atoms with van der Waals surface area (Å²) in [7, 11) is 0. The maximum Gasteiger partial charge on any atom is 0.0471 e. The van der Waals surface area contributed by atoms with Crippen molar-refractivity contribution < 1.29 is 5.11 Å². The molecule has 2 aromatic carbocycles. The minimum Gasteiger partial charge on any atom is -0.399 e. The molecule has 0 aliphatic heterocycles. The standard InChI is InChI=1S/C9H13N.C8H11NO/c1-2-3-8-4-6-9(10)7-5-8;9-8-3-1-7(2-4-8)5-6-10/h4-7H,2-3,10H2,1H3;1-4,10H,5-6,9H2. The SMILES string of the molecule is CCCc1ccc(N)cc1.Nc1ccc(CCO)cc1. The van der Waals surface area contributed by atoms with Crippen molar-refractivity contribution in [1.82, 2.24) is 0 Å². The maximum absolute atomic E-state index is 8.56. The van der Waals surface area contributed by atoms with Crippen LogP contribution in [0, 0.1) is 0 Å². The second-order valence-electron chi connectivity index (χ2n) is 4.71. The zero-order valence-corrected chi connectivity index (χ0v) is 12.0. The average Bonchev–Trinajstić information content (AvgIpc) is 2.45. The fourth-order valence-corrected chi connectivity index (χ4v) is 1.79. The van der Waals surface area contributed by atoms with Gasteiger partial charge in [0.1, 0.15) is 0 Å². The van der Waals surface area contributed by atoms with Gasteiger partial charge in [-0.15, -0.1) is 0 Å². The summed E-state index contributed by atoms with van der Waals surface area (Å²) in [5.74, 6) is 0. The number of nitrogen functional groups attached to an aromatic ring is 2. The Hall–Kier alpha value is -2.00. The lowest BCUT2D eigenvalue weighted by molar-refractivity contribution is 0.299. The Morgan fingerprint density at radius 2 is 1.15 bits per heavy atom. The topological polar surface area (TPSA) is 72.3 Å². The molecular formula is C17H24N2O. The lowest BCUT2D eigenvalue weighted by Crippen LogP contribution is -1.90. The first-order valence-corrected chi connectivity index (χ1v) is 6.95. The first-order chi connectivity index (χ1) is 9.65. The van der Waals surface area contributed by atoms with Crippen molar-refractivity contribution in [2.24, 2.45) is 0 Å². The number of aliphatic hydroxyl groups excluding tert-OH is 1. The van der Waals surface area contributed by atoms with Gasteiger partial charge in [0.15, 0.2) is 0 Å². The van der Waals surface area contributed by atoms with Gasteiger partial charge in [0.2, 0.25) is 0 Å². The van der Waals surface area contributed by atoms with Crippen LogP contribution in [0.25, 0.3) is 0 Å². The third-order valence-electron chi connectivity index (χ3n) is 2.90. The molecule has 3 heteroatoms. The first kappa shape index (κ1) is 16.1. The lowest BCUT2D eigenvalue weighted by Gasteiger charge is -1.97. The largest absolute Gasteiger partial charge is 0.399 e. The molecule has 0 aromatic heterocycles. The van der Waals surface area contributed by atoms with E-state index in [1.807, 2.05) is 36.4 Å². The molecule has 0 radical (unpaired) electrons. The summed E-state index contributed by atoms with van der Waals surface area (Å²) in [6.45, 7) is 2.38. The van der Waals surface area contributed by atoms with Gasteiger partial charge in [0, 0.05) is 18.0 Å². The van der Waals surface area contributed by atoms with Crippen LogP contribution in [-0.2, 0) is 12.8 Å². The summed E-state index contributed by atoms with van der Waals surface area (Å²) in [5, 5.41) is 8.56. The van der Waals surface area contributed by atoms with Crippen LogP contribution in [0.4, 0.5) is 11.4 Å². The van der Waals surface area contributed by atoms with Gasteiger partial charge in [0.05, 0.1) is 0 Å². The highest BCUT2D eigenvalue weighted by Gasteiger charge is 1.89. The molecule has 0 saturated carbocycles. The molecule has 2 aromatic rings. The molecule has 108 valence electrons. The fraction of sp³-hybridized carbons (Fsp3) is 0.294. The average molecular weight is 272 g/mol. The van der Waals surface area contributed by atoms with Crippen LogP contribution in [0.3, 0.4) is 0 Å². The van der Waals surface area contributed by atoms with E-state index in [-0.39, 0.29) is 6.61 Å². The van der Waals surface area contributed by atoms with Crippen molar-refractivity contribution in [2.45, 2.75) is 26.2 Å². The van der Waals surface area contributed by atoms with E-state index in [1.54, 1.807) is 0 Å². The van der Waals surface area contributed by atoms with Gasteiger partial charge in [-0.25, -0.2) is 0 Å². The van der Waals surface area contributed by atoms with E-state index in [1.165, 1.54) is 12.0 Å². The van der Waals surface area contributed by atoms with Crippen molar-refractivity contribution in [2.75, 3.05) is 18.1 Å². The number of hydrogen-bond donors (Lipinski definition) is 3. The molecule has 0 fully saturated rings. The van der Waals surface area contributed by atoms with Crippen molar-refractivity contribution in [3.05, 3.63) is 59.7 Å². The molecule has 0 unspecified atom stereocenters. The Balaban J connectivity index is 0.000000200. The van der Waals surface area contributed by atoms with Gasteiger partial charge in [0.25, 0.3) is 0 Å². The van der Waals surface area contributed by atoms with Crippen LogP contribution in [0.1, 0.15) is 24.5 Å². The summed E-state index contributed by atoms with van der Waals surface area (Å²) in [4.78, 5) is 0. The summed E-state index contributed by atoms with van der Waals surface area (Å²) >= 11 is 0. The van der Waals surface area contributed by atoms with Gasteiger partial charge in [-0.05, 0) is 48.2 Å². The Kier molecular flexibility index (Phi) is 7.22. The number of benzene rings is 2. The van der Waals surface area contributed by atoms with Gasteiger partial charge in [-0.1, -0.05) is 37.6 Å². The molecule has 3 nitrogen and oxygen atoms in total. The highest BCUT2D eigenvalue weighted by Crippen LogP contribution is 2.07. The monoisotopic (exact) mass is 272 g/mol. The Morgan fingerprint density at radius 1 is 0.750 bits per heavy atom. The molecule has 0 heterocycles. The minimum atomic E-state index is 0.198. The van der Waals surface area contributed by atoms with Gasteiger partial charge < -0.3 is 16.6 Å². The zero-order chi connectivity index (χ0) is 14.8. The van der Waals surface area contributed by atoms with Crippen molar-refractivity contribution in [3.8, 4) is 0 Å². The molecule has 5 N–H and O–H groups in total. The van der Waals surface area contributed by atoms with Crippen LogP contribution in [-0.4, -0.2) is 11.7 Å². The van der Waals surface area contributed by atoms with Crippen molar-refractivity contribution in [1.29, 1.82) is 0 Å². The van der Waals surface area contributed by atoms with Crippen LogP contribution in [0.2, 0.25) is 0 Å². The third kappa shape index (κ3) is 6.25. The van der Waals surface area contributed by atoms with E-state index < -0.39 is 0 Å². The molecule has 0 aliphatic carbocycles. The summed E-state index contributed by atoms with van der Waals surface area (Å²) in [5.41, 5.74) is 15.1. The summed E-state index contributed by atoms with van der Waals surface area (Å²) in [6, 6.07) is 15.6. The molecule has 0 amide bonds. The fourth-order valence-electron chi connectivity index (χ4n) is 1.79. The Labute approximate surface area is 121 Å². The van der Waals surface area contributed by atoms with Crippen molar-refractivity contribution in [3.63, 3.8) is 0 Å². The minimum absolute atomic E-state index is 0.198. The third-order valence-corrected chi connectivity index (χ3v) is 2.90. The second kappa shape index (κ2) is 8.99. The quantitative estimate of drug-likeness (QED) is 0.749. The molecule has 20 heavy (non-hydrogen) atoms. The number of aryl methyl sites for hydroxylation is 1. The van der Waals surface area contributed by atoms with E-state index in [4.69, 9.17) is 16.6 Å². The number of rotatable bonds is 4. The maximum atomic E-state index is 8.56. The number of hydrogen-bond acceptors (Lipinski definition) is 3. The Morgan fingerprint density at radius 3 is 1.50 bits per heavy atom. The van der Waals surface area contributed by atoms with E-state index in [9.17, 15) is 0 Å². The molecule has 0 aliphatic rings. The molecule has 2 rings (SSSR count). The molecule has 0 bridgehead atoms. The second-order valence-corrected chi connectivity index (χ2v) is 4.71. The summed E-state index contributed by atoms with van der Waals surface area (Å²) < 4.78 is 0. The number of anilines is 2. The van der Waals surface area contributed by atoms with E-state index in [0.29, 0.717) is 6.42 Å². The van der Waals surface area contributed by atoms with Gasteiger partial charge >= 0.3 is 0 Å². The van der Waals surface area contributed by atoms with E-state index in [2.05, 4.69) is 19.1 Å². The smallest absolute Gasteiger partial charge is 0.0471 e. The molecular weight excluding hydrogens is 248 g/mol. The van der Waals surface area contributed by atoms with Crippen LogP contribution in [0.5, 0.6) is 0 Å². The normalized spacial score (nSPS) is 9.70. The Bertz CT molecular complexity index is 430. The van der Waals surface area contributed by atoms with Crippen LogP contribution in [0.15, 0.2) is 48.5 Å². The predicted octanol–water partition coefficient (Wildman–Crippen LogP) is 3.02.